The van der Waals surface area contributed by atoms with Crippen LogP contribution in [0.5, 0.6) is 0 Å². The molecule has 0 N–H and O–H groups in total. The van der Waals surface area contributed by atoms with Gasteiger partial charge < -0.3 is 0 Å². The summed E-state index contributed by atoms with van der Waals surface area (Å²) < 4.78 is 1.27. The quantitative estimate of drug-likeness (QED) is 0.561. The molecule has 0 saturated carbocycles. The molecule has 0 aliphatic heterocycles. The van der Waals surface area contributed by atoms with Crippen LogP contribution >= 0.6 is 15.9 Å². The van der Waals surface area contributed by atoms with Gasteiger partial charge in [0.15, 0.2) is 0 Å². The van der Waals surface area contributed by atoms with Gasteiger partial charge in [-0.2, -0.15) is 0 Å². The first-order valence-corrected chi connectivity index (χ1v) is 7.14. The molecule has 0 aromatic heterocycles. The summed E-state index contributed by atoms with van der Waals surface area (Å²) >= 11 is 3.41. The summed E-state index contributed by atoms with van der Waals surface area (Å²) in [6, 6.07) is 0. The molecule has 0 heterocycles. The van der Waals surface area contributed by atoms with Crippen LogP contribution in [-0.4, -0.2) is 8.07 Å². The highest BCUT2D eigenvalue weighted by Crippen LogP contribution is 2.10. The zero-order valence-electron chi connectivity index (χ0n) is 5.96. The van der Waals surface area contributed by atoms with Crippen molar-refractivity contribution >= 4 is 24.0 Å². The molecule has 0 unspecified atom stereocenters. The molecule has 0 nitrogen and oxygen atoms in total. The highest BCUT2D eigenvalue weighted by molar-refractivity contribution is 9.11. The predicted molar refractivity (Wildman–Crippen MR) is 46.0 cm³/mol. The largest absolute Gasteiger partial charge is 0.0854 e. The highest BCUT2D eigenvalue weighted by atomic mass is 79.9. The summed E-state index contributed by atoms with van der Waals surface area (Å²) in [6.07, 6.45) is 0. The summed E-state index contributed by atoms with van der Waals surface area (Å²) in [7, 11) is -0.929. The third kappa shape index (κ3) is 6.44. The minimum Gasteiger partial charge on any atom is -0.0854 e. The van der Waals surface area contributed by atoms with Crippen molar-refractivity contribution in [3.05, 3.63) is 10.2 Å². The first-order valence-electron chi connectivity index (χ1n) is 2.77. The van der Waals surface area contributed by atoms with Gasteiger partial charge in [-0.3, -0.25) is 0 Å². The topological polar surface area (TPSA) is 0 Å². The van der Waals surface area contributed by atoms with Gasteiger partial charge in [0, 0.05) is 0 Å². The standard InChI is InChI=1S/C6H13BrSi/c1-6(7)5-8(2,3)4/h5H,1-4H3. The summed E-state index contributed by atoms with van der Waals surface area (Å²) in [6.45, 7) is 9.03. The number of rotatable bonds is 1. The van der Waals surface area contributed by atoms with E-state index in [1.165, 1.54) is 4.48 Å². The minimum atomic E-state index is -0.929. The smallest absolute Gasteiger partial charge is 0.0697 e. The third-order valence-electron chi connectivity index (χ3n) is 0.632. The van der Waals surface area contributed by atoms with Gasteiger partial charge in [0.2, 0.25) is 0 Å². The van der Waals surface area contributed by atoms with Gasteiger partial charge in [0.1, 0.15) is 0 Å². The molecule has 0 amide bonds. The van der Waals surface area contributed by atoms with Crippen molar-refractivity contribution in [2.24, 2.45) is 0 Å². The molecule has 0 saturated heterocycles. The molecule has 2 heteroatoms. The number of hydrogen-bond acceptors (Lipinski definition) is 0. The van der Waals surface area contributed by atoms with E-state index in [0.29, 0.717) is 0 Å². The minimum absolute atomic E-state index is 0.929. The lowest BCUT2D eigenvalue weighted by Crippen LogP contribution is -2.15. The average Bonchev–Trinajstić information content (AvgIpc) is 1.21. The number of allylic oxidation sites excluding steroid dienone is 1. The first kappa shape index (κ1) is 8.44. The van der Waals surface area contributed by atoms with E-state index >= 15 is 0 Å². The van der Waals surface area contributed by atoms with Crippen molar-refractivity contribution in [3.63, 3.8) is 0 Å². The Morgan fingerprint density at radius 1 is 1.38 bits per heavy atom. The lowest BCUT2D eigenvalue weighted by molar-refractivity contribution is 1.67. The molecular formula is C6H13BrSi. The molecule has 0 fully saturated rings. The van der Waals surface area contributed by atoms with Gasteiger partial charge in [-0.15, -0.1) is 0 Å². The maximum Gasteiger partial charge on any atom is 0.0697 e. The predicted octanol–water partition coefficient (Wildman–Crippen LogP) is 3.16. The molecule has 0 aromatic carbocycles. The Morgan fingerprint density at radius 3 is 1.75 bits per heavy atom. The van der Waals surface area contributed by atoms with E-state index in [9.17, 15) is 0 Å². The van der Waals surface area contributed by atoms with Crippen LogP contribution < -0.4 is 0 Å². The van der Waals surface area contributed by atoms with Gasteiger partial charge in [-0.05, 0) is 11.4 Å². The molecule has 0 rings (SSSR count). The van der Waals surface area contributed by atoms with Crippen molar-refractivity contribution in [1.82, 2.24) is 0 Å². The normalized spacial score (nSPS) is 14.4. The number of halogens is 1. The molecule has 0 aromatic rings. The van der Waals surface area contributed by atoms with E-state index in [2.05, 4.69) is 48.2 Å². The van der Waals surface area contributed by atoms with Gasteiger partial charge in [0.05, 0.1) is 8.07 Å². The van der Waals surface area contributed by atoms with E-state index in [1.807, 2.05) is 0 Å². The monoisotopic (exact) mass is 192 g/mol. The molecule has 48 valence electrons. The van der Waals surface area contributed by atoms with Crippen LogP contribution in [0.2, 0.25) is 19.6 Å². The van der Waals surface area contributed by atoms with Crippen LogP contribution in [0.3, 0.4) is 0 Å². The highest BCUT2D eigenvalue weighted by Gasteiger charge is 2.07. The third-order valence-corrected chi connectivity index (χ3v) is 2.58. The van der Waals surface area contributed by atoms with E-state index in [0.717, 1.165) is 0 Å². The Labute approximate surface area is 61.1 Å². The van der Waals surface area contributed by atoms with E-state index in [-0.39, 0.29) is 0 Å². The Balaban J connectivity index is 3.89. The molecule has 0 spiro atoms. The lowest BCUT2D eigenvalue weighted by Gasteiger charge is -2.08. The maximum absolute atomic E-state index is 3.41. The Kier molecular flexibility index (Phi) is 2.98. The second-order valence-electron chi connectivity index (χ2n) is 3.10. The van der Waals surface area contributed by atoms with Gasteiger partial charge in [-0.1, -0.05) is 41.3 Å². The van der Waals surface area contributed by atoms with Gasteiger partial charge in [0.25, 0.3) is 0 Å². The van der Waals surface area contributed by atoms with Crippen LogP contribution in [0.4, 0.5) is 0 Å². The second kappa shape index (κ2) is 2.83. The lowest BCUT2D eigenvalue weighted by atomic mass is 10.8. The molecule has 0 radical (unpaired) electrons. The van der Waals surface area contributed by atoms with Crippen molar-refractivity contribution in [1.29, 1.82) is 0 Å². The van der Waals surface area contributed by atoms with Gasteiger partial charge in [-0.25, -0.2) is 0 Å². The van der Waals surface area contributed by atoms with Crippen LogP contribution in [-0.2, 0) is 0 Å². The zero-order chi connectivity index (χ0) is 6.78. The fourth-order valence-electron chi connectivity index (χ4n) is 0.597. The Bertz CT molecular complexity index is 95.6. The molecule has 0 bridgehead atoms. The summed E-state index contributed by atoms with van der Waals surface area (Å²) in [5, 5.41) is 0. The second-order valence-corrected chi connectivity index (χ2v) is 9.37. The van der Waals surface area contributed by atoms with Crippen molar-refractivity contribution in [2.45, 2.75) is 26.6 Å². The van der Waals surface area contributed by atoms with Crippen LogP contribution in [0, 0.1) is 0 Å². The fraction of sp³-hybridized carbons (Fsp3) is 0.667. The van der Waals surface area contributed by atoms with Gasteiger partial charge >= 0.3 is 0 Å². The average molecular weight is 193 g/mol. The van der Waals surface area contributed by atoms with E-state index in [1.54, 1.807) is 0 Å². The van der Waals surface area contributed by atoms with Crippen molar-refractivity contribution in [3.8, 4) is 0 Å². The van der Waals surface area contributed by atoms with E-state index in [4.69, 9.17) is 0 Å². The fourth-order valence-corrected chi connectivity index (χ4v) is 3.85. The molecular weight excluding hydrogens is 180 g/mol. The number of hydrogen-bond donors (Lipinski definition) is 0. The molecule has 0 atom stereocenters. The first-order chi connectivity index (χ1) is 3.42. The zero-order valence-corrected chi connectivity index (χ0v) is 8.54. The Morgan fingerprint density at radius 2 is 1.75 bits per heavy atom. The molecule has 0 aliphatic rings. The van der Waals surface area contributed by atoms with Crippen molar-refractivity contribution < 1.29 is 0 Å². The Hall–Kier alpha value is 0.437. The maximum atomic E-state index is 3.41. The summed E-state index contributed by atoms with van der Waals surface area (Å²) in [5.74, 6) is 0. The SMILES string of the molecule is CC(Br)=C[Si](C)(C)C. The summed E-state index contributed by atoms with van der Waals surface area (Å²) in [5.41, 5.74) is 2.33. The van der Waals surface area contributed by atoms with Crippen LogP contribution in [0.25, 0.3) is 0 Å². The van der Waals surface area contributed by atoms with E-state index < -0.39 is 8.07 Å². The van der Waals surface area contributed by atoms with Crippen LogP contribution in [0.15, 0.2) is 10.2 Å². The van der Waals surface area contributed by atoms with Crippen LogP contribution in [0.1, 0.15) is 6.92 Å². The summed E-state index contributed by atoms with van der Waals surface area (Å²) in [4.78, 5) is 0. The molecule has 8 heavy (non-hydrogen) atoms. The molecule has 0 aliphatic carbocycles. The van der Waals surface area contributed by atoms with Crippen molar-refractivity contribution in [2.75, 3.05) is 0 Å².